The number of carbonyl (C=O) groups is 1. The van der Waals surface area contributed by atoms with E-state index in [0.29, 0.717) is 0 Å². The summed E-state index contributed by atoms with van der Waals surface area (Å²) in [5.74, 6) is 3.58. The maximum atomic E-state index is 14.0. The Morgan fingerprint density at radius 2 is 1.57 bits per heavy atom. The van der Waals surface area contributed by atoms with Crippen molar-refractivity contribution in [1.82, 2.24) is 0 Å². The summed E-state index contributed by atoms with van der Waals surface area (Å²) in [6, 6.07) is 4.77. The summed E-state index contributed by atoms with van der Waals surface area (Å²) in [7, 11) is 0. The first-order valence-electron chi connectivity index (χ1n) is 12.1. The van der Waals surface area contributed by atoms with Crippen LogP contribution < -0.4 is 4.74 Å². The molecule has 0 spiro atoms. The number of rotatable bonds is 4. The van der Waals surface area contributed by atoms with Crippen molar-refractivity contribution in [3.8, 4) is 5.75 Å². The Morgan fingerprint density at radius 3 is 2.27 bits per heavy atom. The molecule has 0 N–H and O–H groups in total. The second-order valence-electron chi connectivity index (χ2n) is 10.2. The van der Waals surface area contributed by atoms with Gasteiger partial charge >= 0.3 is 5.97 Å². The van der Waals surface area contributed by atoms with Crippen LogP contribution in [0, 0.1) is 48.2 Å². The molecule has 164 valence electrons. The number of hydrogen-bond donors (Lipinski definition) is 0. The van der Waals surface area contributed by atoms with Crippen LogP contribution in [-0.2, 0) is 4.79 Å². The van der Waals surface area contributed by atoms with Crippen LogP contribution in [0.3, 0.4) is 0 Å². The lowest BCUT2D eigenvalue weighted by molar-refractivity contribution is -0.140. The van der Waals surface area contributed by atoms with E-state index in [4.69, 9.17) is 4.74 Å². The predicted octanol–water partition coefficient (Wildman–Crippen LogP) is 7.25. The lowest BCUT2D eigenvalue weighted by atomic mass is 9.61. The van der Waals surface area contributed by atoms with Gasteiger partial charge in [-0.05, 0) is 125 Å². The molecule has 1 aromatic rings. The van der Waals surface area contributed by atoms with E-state index in [1.54, 1.807) is 12.1 Å². The van der Waals surface area contributed by atoms with E-state index in [1.165, 1.54) is 44.6 Å². The van der Waals surface area contributed by atoms with Gasteiger partial charge in [-0.15, -0.1) is 0 Å². The summed E-state index contributed by atoms with van der Waals surface area (Å²) in [6.07, 6.45) is 17.0. The Balaban J connectivity index is 1.25. The Labute approximate surface area is 181 Å². The molecule has 3 aliphatic rings. The summed E-state index contributed by atoms with van der Waals surface area (Å²) in [4.78, 5) is 12.6. The molecule has 2 nitrogen and oxygen atoms in total. The van der Waals surface area contributed by atoms with Gasteiger partial charge in [0.1, 0.15) is 0 Å². The number of ether oxygens (including phenoxy) is 1. The molecule has 3 aliphatic carbocycles. The van der Waals surface area contributed by atoms with E-state index in [9.17, 15) is 9.18 Å². The van der Waals surface area contributed by atoms with Crippen LogP contribution in [0.2, 0.25) is 0 Å². The second kappa shape index (κ2) is 9.66. The molecule has 0 aromatic heterocycles. The van der Waals surface area contributed by atoms with E-state index in [-0.39, 0.29) is 17.6 Å². The van der Waals surface area contributed by atoms with Crippen LogP contribution in [-0.4, -0.2) is 5.97 Å². The zero-order valence-corrected chi connectivity index (χ0v) is 18.6. The first-order valence-corrected chi connectivity index (χ1v) is 12.1. The van der Waals surface area contributed by atoms with Gasteiger partial charge in [0.2, 0.25) is 0 Å². The maximum absolute atomic E-state index is 14.0. The van der Waals surface area contributed by atoms with Crippen molar-refractivity contribution < 1.29 is 13.9 Å². The Bertz CT molecular complexity index is 762. The van der Waals surface area contributed by atoms with Crippen molar-refractivity contribution in [2.45, 2.75) is 78.1 Å². The first kappa shape index (κ1) is 21.6. The third-order valence-electron chi connectivity index (χ3n) is 8.23. The smallest absolute Gasteiger partial charge is 0.314 e. The molecule has 0 radical (unpaired) electrons. The van der Waals surface area contributed by atoms with Gasteiger partial charge in [-0.1, -0.05) is 18.2 Å². The molecule has 0 bridgehead atoms. The summed E-state index contributed by atoms with van der Waals surface area (Å²) in [5.41, 5.74) is 0.831. The van der Waals surface area contributed by atoms with Crippen LogP contribution in [0.25, 0.3) is 0 Å². The fourth-order valence-corrected chi connectivity index (χ4v) is 6.54. The number of esters is 1. The Morgan fingerprint density at radius 1 is 0.933 bits per heavy atom. The van der Waals surface area contributed by atoms with Gasteiger partial charge in [-0.3, -0.25) is 4.79 Å². The maximum Gasteiger partial charge on any atom is 0.314 e. The molecule has 4 unspecified atom stereocenters. The molecule has 0 amide bonds. The molecule has 4 atom stereocenters. The number of halogens is 1. The zero-order chi connectivity index (χ0) is 21.1. The monoisotopic (exact) mass is 412 g/mol. The van der Waals surface area contributed by atoms with Crippen molar-refractivity contribution in [2.24, 2.45) is 35.5 Å². The van der Waals surface area contributed by atoms with E-state index < -0.39 is 5.82 Å². The van der Waals surface area contributed by atoms with Crippen LogP contribution in [0.15, 0.2) is 30.4 Å². The zero-order valence-electron chi connectivity index (χ0n) is 18.6. The number of fused-ring (bicyclic) bond motifs is 1. The van der Waals surface area contributed by atoms with Crippen LogP contribution in [0.5, 0.6) is 5.75 Å². The van der Waals surface area contributed by atoms with Crippen molar-refractivity contribution in [1.29, 1.82) is 0 Å². The molecule has 0 saturated heterocycles. The minimum atomic E-state index is -0.446. The fraction of sp³-hybridized carbons (Fsp3) is 0.667. The number of hydrogen-bond acceptors (Lipinski definition) is 2. The normalized spacial score (nSPS) is 34.5. The molecule has 3 fully saturated rings. The highest BCUT2D eigenvalue weighted by Crippen LogP contribution is 2.49. The Kier molecular flexibility index (Phi) is 6.95. The summed E-state index contributed by atoms with van der Waals surface area (Å²) in [6.45, 7) is 3.98. The van der Waals surface area contributed by atoms with Crippen LogP contribution in [0.1, 0.15) is 76.7 Å². The number of benzene rings is 1. The van der Waals surface area contributed by atoms with Crippen molar-refractivity contribution in [3.63, 3.8) is 0 Å². The van der Waals surface area contributed by atoms with Gasteiger partial charge in [0.05, 0.1) is 5.92 Å². The summed E-state index contributed by atoms with van der Waals surface area (Å²) in [5, 5.41) is 0. The largest absolute Gasteiger partial charge is 0.423 e. The number of aryl methyl sites for hydroxylation is 1. The third kappa shape index (κ3) is 4.98. The number of carbonyl (C=O) groups excluding carboxylic acids is 1. The molecule has 1 aromatic carbocycles. The van der Waals surface area contributed by atoms with Crippen LogP contribution >= 0.6 is 0 Å². The topological polar surface area (TPSA) is 26.3 Å². The quantitative estimate of drug-likeness (QED) is 0.296. The van der Waals surface area contributed by atoms with Crippen molar-refractivity contribution >= 4 is 5.97 Å². The van der Waals surface area contributed by atoms with Gasteiger partial charge in [-0.2, -0.15) is 0 Å². The first-order chi connectivity index (χ1) is 14.5. The summed E-state index contributed by atoms with van der Waals surface area (Å²) >= 11 is 0. The molecular weight excluding hydrogens is 375 g/mol. The van der Waals surface area contributed by atoms with Gasteiger partial charge in [0.15, 0.2) is 11.6 Å². The minimum Gasteiger partial charge on any atom is -0.423 e. The lowest BCUT2D eigenvalue weighted by Crippen LogP contribution is -2.35. The van der Waals surface area contributed by atoms with E-state index >= 15 is 0 Å². The highest BCUT2D eigenvalue weighted by molar-refractivity contribution is 5.75. The van der Waals surface area contributed by atoms with Gasteiger partial charge in [-0.25, -0.2) is 4.39 Å². The predicted molar refractivity (Wildman–Crippen MR) is 119 cm³/mol. The average molecular weight is 413 g/mol. The molecule has 4 rings (SSSR count). The van der Waals surface area contributed by atoms with E-state index in [2.05, 4.69) is 19.1 Å². The van der Waals surface area contributed by atoms with Crippen LogP contribution in [0.4, 0.5) is 4.39 Å². The molecule has 0 heterocycles. The molecular formula is C27H37FO2. The Hall–Kier alpha value is -1.64. The summed E-state index contributed by atoms with van der Waals surface area (Å²) < 4.78 is 19.4. The second-order valence-corrected chi connectivity index (χ2v) is 10.2. The van der Waals surface area contributed by atoms with E-state index in [1.807, 2.05) is 6.92 Å². The number of allylic oxidation sites excluding steroid dienone is 2. The van der Waals surface area contributed by atoms with Gasteiger partial charge in [0.25, 0.3) is 0 Å². The molecule has 30 heavy (non-hydrogen) atoms. The highest BCUT2D eigenvalue weighted by Gasteiger charge is 2.39. The molecule has 0 aliphatic heterocycles. The molecule has 3 saturated carbocycles. The van der Waals surface area contributed by atoms with Crippen molar-refractivity contribution in [2.75, 3.05) is 0 Å². The lowest BCUT2D eigenvalue weighted by Gasteiger charge is -2.45. The van der Waals surface area contributed by atoms with Crippen molar-refractivity contribution in [3.05, 3.63) is 41.7 Å². The fourth-order valence-electron chi connectivity index (χ4n) is 6.54. The highest BCUT2D eigenvalue weighted by atomic mass is 19.1. The SMILES string of the molecule is C/C=C/C1CCC2CC(C3CCC(C(=O)Oc4ccc(C)cc4F)CC3)CCC2C1. The standard InChI is InChI=1S/C27H37FO2/c1-3-4-19-6-7-24-17-23(13-12-22(24)16-19)20-8-10-21(11-9-20)27(29)30-26-14-5-18(2)15-25(26)28/h3-5,14-15,19-24H,6-13,16-17H2,1-2H3/b4-3+. The third-order valence-corrected chi connectivity index (χ3v) is 8.23. The van der Waals surface area contributed by atoms with Gasteiger partial charge < -0.3 is 4.74 Å². The average Bonchev–Trinajstić information content (AvgIpc) is 2.75. The van der Waals surface area contributed by atoms with Gasteiger partial charge in [0, 0.05) is 0 Å². The van der Waals surface area contributed by atoms with E-state index in [0.717, 1.165) is 60.8 Å². The minimum absolute atomic E-state index is 0.0690. The molecule has 3 heteroatoms.